The minimum atomic E-state index is -1.55. The highest BCUT2D eigenvalue weighted by Gasteiger charge is 2.52. The average Bonchev–Trinajstić information content (AvgIpc) is 3.84. The summed E-state index contributed by atoms with van der Waals surface area (Å²) in [6, 6.07) is 59.0. The van der Waals surface area contributed by atoms with E-state index < -0.39 is 40.5 Å². The van der Waals surface area contributed by atoms with Crippen molar-refractivity contribution in [1.29, 1.82) is 0 Å². The predicted octanol–water partition coefficient (Wildman–Crippen LogP) is 12.2. The molecule has 8 aromatic rings. The van der Waals surface area contributed by atoms with Crippen LogP contribution < -0.4 is 10.6 Å². The van der Waals surface area contributed by atoms with Crippen molar-refractivity contribution >= 4 is 33.4 Å². The van der Waals surface area contributed by atoms with E-state index in [2.05, 4.69) is 34.9 Å². The molecule has 0 aliphatic heterocycles. The molecule has 0 saturated heterocycles. The van der Waals surface area contributed by atoms with Crippen LogP contribution >= 0.6 is 0 Å². The van der Waals surface area contributed by atoms with E-state index >= 15 is 9.59 Å². The lowest BCUT2D eigenvalue weighted by Gasteiger charge is -2.42. The maximum Gasteiger partial charge on any atom is 0.236 e. The van der Waals surface area contributed by atoms with E-state index in [-0.39, 0.29) is 25.7 Å². The number of carbonyl (C=O) groups is 2. The van der Waals surface area contributed by atoms with Crippen molar-refractivity contribution in [2.24, 2.45) is 5.41 Å². The molecule has 0 unspecified atom stereocenters. The molecule has 0 aromatic heterocycles. The molecule has 1 saturated carbocycles. The SMILES string of the molecule is Cc1cccc(CC(O)(Cc2cccc(C)c2)[C@@H](NC(=O)C2(C(=O)N[C@@H](c3cccc4ccccc34)C(O)(Cc3cccc(C)c3)Cc3cccc(C)c3)CCCC2)c2cccc3ccccc23)c1. The van der Waals surface area contributed by atoms with Gasteiger partial charge in [-0.25, -0.2) is 0 Å². The Morgan fingerprint density at radius 2 is 0.754 bits per heavy atom. The van der Waals surface area contributed by atoms with Gasteiger partial charge in [0, 0.05) is 25.7 Å². The largest absolute Gasteiger partial charge is 0.387 e. The second kappa shape index (κ2) is 20.0. The Morgan fingerprint density at radius 3 is 1.09 bits per heavy atom. The highest BCUT2D eigenvalue weighted by molar-refractivity contribution is 6.06. The summed E-state index contributed by atoms with van der Waals surface area (Å²) in [7, 11) is 0. The van der Waals surface area contributed by atoms with Crippen LogP contribution in [-0.2, 0) is 35.3 Å². The maximum atomic E-state index is 15.9. The summed E-state index contributed by atoms with van der Waals surface area (Å²) in [5.41, 5.74) is 5.00. The summed E-state index contributed by atoms with van der Waals surface area (Å²) >= 11 is 0. The van der Waals surface area contributed by atoms with Gasteiger partial charge in [-0.3, -0.25) is 9.59 Å². The summed E-state index contributed by atoms with van der Waals surface area (Å²) in [6.07, 6.45) is 2.94. The highest BCUT2D eigenvalue weighted by atomic mass is 16.3. The van der Waals surface area contributed by atoms with Crippen molar-refractivity contribution in [3.8, 4) is 0 Å². The van der Waals surface area contributed by atoms with E-state index in [4.69, 9.17) is 0 Å². The molecule has 0 heterocycles. The fourth-order valence-corrected chi connectivity index (χ4v) is 11.3. The number of hydrogen-bond acceptors (Lipinski definition) is 4. The van der Waals surface area contributed by atoms with Gasteiger partial charge < -0.3 is 20.8 Å². The molecule has 1 fully saturated rings. The number of fused-ring (bicyclic) bond motifs is 2. The minimum absolute atomic E-state index is 0.240. The van der Waals surface area contributed by atoms with Crippen LogP contribution in [0.2, 0.25) is 0 Å². The topological polar surface area (TPSA) is 98.7 Å². The summed E-state index contributed by atoms with van der Waals surface area (Å²) < 4.78 is 0. The van der Waals surface area contributed by atoms with Gasteiger partial charge in [0.15, 0.2) is 0 Å². The Bertz CT molecular complexity index is 2820. The lowest BCUT2D eigenvalue weighted by atomic mass is 9.75. The summed E-state index contributed by atoms with van der Waals surface area (Å²) in [5.74, 6) is -0.861. The number of aryl methyl sites for hydroxylation is 4. The fraction of sp³-hybridized carbons (Fsp3) is 0.270. The smallest absolute Gasteiger partial charge is 0.236 e. The number of benzene rings is 8. The first-order valence-corrected chi connectivity index (χ1v) is 24.6. The number of amides is 2. The zero-order chi connectivity index (χ0) is 48.2. The zero-order valence-electron chi connectivity index (χ0n) is 40.3. The van der Waals surface area contributed by atoms with Gasteiger partial charge in [0.05, 0.1) is 23.3 Å². The van der Waals surface area contributed by atoms with Gasteiger partial charge in [-0.15, -0.1) is 0 Å². The Hall–Kier alpha value is -6.86. The van der Waals surface area contributed by atoms with Crippen molar-refractivity contribution in [3.63, 3.8) is 0 Å². The molecule has 6 heteroatoms. The Labute approximate surface area is 407 Å². The van der Waals surface area contributed by atoms with E-state index in [1.807, 2.05) is 185 Å². The molecule has 350 valence electrons. The normalized spacial score (nSPS) is 14.6. The molecule has 6 nitrogen and oxygen atoms in total. The van der Waals surface area contributed by atoms with Crippen LogP contribution in [0.3, 0.4) is 0 Å². The van der Waals surface area contributed by atoms with Crippen LogP contribution in [0.5, 0.6) is 0 Å². The molecule has 0 bridgehead atoms. The third-order valence-corrected chi connectivity index (χ3v) is 14.6. The molecule has 69 heavy (non-hydrogen) atoms. The first kappa shape index (κ1) is 47.2. The first-order chi connectivity index (χ1) is 33.3. The van der Waals surface area contributed by atoms with E-state index in [1.165, 1.54) is 0 Å². The van der Waals surface area contributed by atoms with Crippen molar-refractivity contribution in [2.45, 2.75) is 102 Å². The molecule has 0 spiro atoms. The number of aliphatic hydroxyl groups is 2. The summed E-state index contributed by atoms with van der Waals surface area (Å²) in [4.78, 5) is 31.8. The molecule has 2 atom stereocenters. The van der Waals surface area contributed by atoms with E-state index in [9.17, 15) is 10.2 Å². The monoisotopic (exact) mass is 912 g/mol. The number of nitrogens with one attached hydrogen (secondary N) is 2. The lowest BCUT2D eigenvalue weighted by Crippen LogP contribution is -2.58. The second-order valence-corrected chi connectivity index (χ2v) is 20.1. The summed E-state index contributed by atoms with van der Waals surface area (Å²) in [6.45, 7) is 8.18. The van der Waals surface area contributed by atoms with Crippen LogP contribution in [-0.4, -0.2) is 33.2 Å². The molecular weight excluding hydrogens is 849 g/mol. The van der Waals surface area contributed by atoms with Gasteiger partial charge in [0.25, 0.3) is 0 Å². The van der Waals surface area contributed by atoms with Gasteiger partial charge in [0.1, 0.15) is 5.41 Å². The van der Waals surface area contributed by atoms with Gasteiger partial charge in [-0.05, 0) is 95.5 Å². The predicted molar refractivity (Wildman–Crippen MR) is 280 cm³/mol. The van der Waals surface area contributed by atoms with E-state index in [1.54, 1.807) is 0 Å². The van der Waals surface area contributed by atoms with Crippen molar-refractivity contribution in [2.75, 3.05) is 0 Å². The second-order valence-electron chi connectivity index (χ2n) is 20.1. The average molecular weight is 913 g/mol. The van der Waals surface area contributed by atoms with Crippen LogP contribution in [0, 0.1) is 33.1 Å². The molecular formula is C63H64N2O4. The van der Waals surface area contributed by atoms with Gasteiger partial charge in [0.2, 0.25) is 11.8 Å². The molecule has 8 aromatic carbocycles. The molecule has 0 radical (unpaired) electrons. The zero-order valence-corrected chi connectivity index (χ0v) is 40.3. The van der Waals surface area contributed by atoms with Crippen LogP contribution in [0.4, 0.5) is 0 Å². The van der Waals surface area contributed by atoms with Crippen LogP contribution in [0.25, 0.3) is 21.5 Å². The lowest BCUT2D eigenvalue weighted by molar-refractivity contribution is -0.147. The fourth-order valence-electron chi connectivity index (χ4n) is 11.3. The Balaban J connectivity index is 1.17. The number of hydrogen-bond donors (Lipinski definition) is 4. The van der Waals surface area contributed by atoms with Gasteiger partial charge >= 0.3 is 0 Å². The molecule has 4 N–H and O–H groups in total. The minimum Gasteiger partial charge on any atom is -0.387 e. The Kier molecular flexibility index (Phi) is 13.7. The van der Waals surface area contributed by atoms with Crippen molar-refractivity contribution in [1.82, 2.24) is 10.6 Å². The highest BCUT2D eigenvalue weighted by Crippen LogP contribution is 2.44. The number of rotatable bonds is 16. The quantitative estimate of drug-likeness (QED) is 0.0726. The maximum absolute atomic E-state index is 15.9. The molecule has 1 aliphatic carbocycles. The van der Waals surface area contributed by atoms with Gasteiger partial charge in [-0.1, -0.05) is 217 Å². The first-order valence-electron chi connectivity index (χ1n) is 24.6. The molecule has 9 rings (SSSR count). The van der Waals surface area contributed by atoms with E-state index in [0.717, 1.165) is 77.2 Å². The van der Waals surface area contributed by atoms with Crippen LogP contribution in [0.15, 0.2) is 182 Å². The third kappa shape index (κ3) is 10.3. The van der Waals surface area contributed by atoms with Crippen molar-refractivity contribution in [3.05, 3.63) is 238 Å². The van der Waals surface area contributed by atoms with Gasteiger partial charge in [-0.2, -0.15) is 0 Å². The Morgan fingerprint density at radius 1 is 0.449 bits per heavy atom. The molecule has 1 aliphatic rings. The third-order valence-electron chi connectivity index (χ3n) is 14.6. The standard InChI is InChI=1S/C63H64N2O4/c1-43-17-11-21-47(35-43)39-62(68,40-48-22-12-18-44(2)36-48)57(55-31-15-27-51-25-5-7-29-53(51)55)64-59(66)61(33-9-10-34-61)60(67)65-58(56-32-16-28-52-26-6-8-30-54(52)56)63(69,41-49-23-13-19-45(3)37-49)42-50-24-14-20-46(4)38-50/h5-8,11-32,35-38,57-58,68-69H,9-10,33-34,39-42H2,1-4H3,(H,64,66)(H,65,67)/t57-,58-/m0/s1. The van der Waals surface area contributed by atoms with Crippen molar-refractivity contribution < 1.29 is 19.8 Å². The van der Waals surface area contributed by atoms with Crippen LogP contribution in [0.1, 0.15) is 93.4 Å². The summed E-state index contributed by atoms with van der Waals surface area (Å²) in [5, 5.41) is 38.0. The van der Waals surface area contributed by atoms with E-state index in [0.29, 0.717) is 25.7 Å². The molecule has 2 amide bonds. The number of carbonyl (C=O) groups excluding carboxylic acids is 2.